The van der Waals surface area contributed by atoms with Gasteiger partial charge in [0.05, 0.1) is 0 Å². The second kappa shape index (κ2) is 3.88. The van der Waals surface area contributed by atoms with Crippen LogP contribution in [0.4, 0.5) is 0 Å². The molecule has 0 aromatic heterocycles. The zero-order valence-corrected chi connectivity index (χ0v) is 6.99. The Kier molecular flexibility index (Phi) is 2.82. The van der Waals surface area contributed by atoms with Crippen LogP contribution in [0.1, 0.15) is 11.6 Å². The van der Waals surface area contributed by atoms with Gasteiger partial charge in [0.15, 0.2) is 0 Å². The molecule has 63 valence electrons. The molecular formula is C9H12N3. The van der Waals surface area contributed by atoms with Crippen molar-refractivity contribution in [2.45, 2.75) is 6.04 Å². The van der Waals surface area contributed by atoms with Gasteiger partial charge in [-0.25, -0.2) is 5.32 Å². The number of rotatable bonds is 3. The first kappa shape index (κ1) is 8.74. The van der Waals surface area contributed by atoms with E-state index in [9.17, 15) is 0 Å². The third kappa shape index (κ3) is 1.83. The lowest BCUT2D eigenvalue weighted by Crippen LogP contribution is -2.26. The number of nitrogens with one attached hydrogen (secondary N) is 1. The van der Waals surface area contributed by atoms with Crippen LogP contribution in [0.2, 0.25) is 0 Å². The molecule has 12 heavy (non-hydrogen) atoms. The molecule has 0 aliphatic heterocycles. The van der Waals surface area contributed by atoms with E-state index in [-0.39, 0.29) is 11.9 Å². The minimum Gasteiger partial charge on any atom is -0.386 e. The summed E-state index contributed by atoms with van der Waals surface area (Å²) >= 11 is 0. The smallest absolute Gasteiger partial charge is 0.114 e. The third-order valence-electron chi connectivity index (χ3n) is 1.67. The van der Waals surface area contributed by atoms with Gasteiger partial charge in [0.25, 0.3) is 0 Å². The first-order valence-corrected chi connectivity index (χ1v) is 3.73. The molecule has 1 atom stereocenters. The maximum atomic E-state index is 7.27. The highest BCUT2D eigenvalue weighted by molar-refractivity contribution is 5.83. The van der Waals surface area contributed by atoms with E-state index in [2.05, 4.69) is 5.32 Å². The molecule has 1 aromatic carbocycles. The first-order valence-electron chi connectivity index (χ1n) is 3.73. The normalized spacial score (nSPS) is 12.4. The van der Waals surface area contributed by atoms with Gasteiger partial charge < -0.3 is 5.73 Å². The number of amidine groups is 1. The summed E-state index contributed by atoms with van der Waals surface area (Å²) in [7, 11) is 1.67. The van der Waals surface area contributed by atoms with Crippen LogP contribution in [0, 0.1) is 5.41 Å². The van der Waals surface area contributed by atoms with Crippen LogP contribution < -0.4 is 11.1 Å². The van der Waals surface area contributed by atoms with Gasteiger partial charge in [-0.2, -0.15) is 0 Å². The van der Waals surface area contributed by atoms with Gasteiger partial charge in [-0.15, -0.1) is 0 Å². The predicted octanol–water partition coefficient (Wildman–Crippen LogP) is 0.898. The Labute approximate surface area is 72.1 Å². The summed E-state index contributed by atoms with van der Waals surface area (Å²) in [5.41, 5.74) is 6.33. The van der Waals surface area contributed by atoms with Crippen LogP contribution in [-0.4, -0.2) is 12.9 Å². The van der Waals surface area contributed by atoms with Gasteiger partial charge in [-0.05, 0) is 5.56 Å². The fourth-order valence-electron chi connectivity index (χ4n) is 1.10. The van der Waals surface area contributed by atoms with Crippen molar-refractivity contribution in [2.75, 3.05) is 7.05 Å². The number of likely N-dealkylation sites (N-methyl/N-ethyl adjacent to an activating group) is 1. The molecule has 3 heteroatoms. The van der Waals surface area contributed by atoms with Crippen molar-refractivity contribution in [1.82, 2.24) is 5.32 Å². The molecule has 0 heterocycles. The van der Waals surface area contributed by atoms with Gasteiger partial charge in [0, 0.05) is 7.05 Å². The monoisotopic (exact) mass is 162 g/mol. The molecule has 0 amide bonds. The molecule has 1 aromatic rings. The lowest BCUT2D eigenvalue weighted by Gasteiger charge is -2.12. The number of hydrogen-bond donors (Lipinski definition) is 2. The molecule has 3 N–H and O–H groups in total. The van der Waals surface area contributed by atoms with Crippen LogP contribution in [-0.2, 0) is 0 Å². The van der Waals surface area contributed by atoms with Crippen molar-refractivity contribution < 1.29 is 0 Å². The van der Waals surface area contributed by atoms with Gasteiger partial charge >= 0.3 is 0 Å². The standard InChI is InChI=1S/C9H12N3/c1-12-8(9(10)11)7-5-3-2-4-6-7/h2-6,8H,1H3,(H3,10,11). The summed E-state index contributed by atoms with van der Waals surface area (Å²) in [5.74, 6) is 0.0868. The van der Waals surface area contributed by atoms with Crippen LogP contribution in [0.15, 0.2) is 30.3 Å². The van der Waals surface area contributed by atoms with E-state index < -0.39 is 0 Å². The van der Waals surface area contributed by atoms with Gasteiger partial charge in [-0.1, -0.05) is 30.3 Å². The second-order valence-corrected chi connectivity index (χ2v) is 2.53. The quantitative estimate of drug-likeness (QED) is 0.503. The highest BCUT2D eigenvalue weighted by atomic mass is 14.9. The highest BCUT2D eigenvalue weighted by Crippen LogP contribution is 2.11. The molecule has 0 aliphatic rings. The fraction of sp³-hybridized carbons (Fsp3) is 0.222. The SMILES string of the molecule is C[N]C(C(=N)N)c1ccccc1. The van der Waals surface area contributed by atoms with Crippen molar-refractivity contribution in [2.24, 2.45) is 5.73 Å². The molecule has 1 rings (SSSR count). The van der Waals surface area contributed by atoms with E-state index in [4.69, 9.17) is 11.1 Å². The Hall–Kier alpha value is -1.35. The lowest BCUT2D eigenvalue weighted by molar-refractivity contribution is 0.724. The predicted molar refractivity (Wildman–Crippen MR) is 49.2 cm³/mol. The Morgan fingerprint density at radius 1 is 1.42 bits per heavy atom. The van der Waals surface area contributed by atoms with Crippen LogP contribution >= 0.6 is 0 Å². The fourth-order valence-corrected chi connectivity index (χ4v) is 1.10. The molecule has 1 unspecified atom stereocenters. The number of nitrogens with zero attached hydrogens (tertiary/aromatic N) is 1. The summed E-state index contributed by atoms with van der Waals surface area (Å²) in [5, 5.41) is 11.3. The highest BCUT2D eigenvalue weighted by Gasteiger charge is 2.11. The topological polar surface area (TPSA) is 64.0 Å². The van der Waals surface area contributed by atoms with Crippen LogP contribution in [0.3, 0.4) is 0 Å². The Bertz CT molecular complexity index is 256. The number of hydrogen-bond acceptors (Lipinski definition) is 1. The van der Waals surface area contributed by atoms with Crippen molar-refractivity contribution in [3.63, 3.8) is 0 Å². The second-order valence-electron chi connectivity index (χ2n) is 2.53. The van der Waals surface area contributed by atoms with Crippen molar-refractivity contribution >= 4 is 5.84 Å². The van der Waals surface area contributed by atoms with E-state index in [1.165, 1.54) is 0 Å². The third-order valence-corrected chi connectivity index (χ3v) is 1.67. The molecule has 0 saturated carbocycles. The molecule has 0 aliphatic carbocycles. The van der Waals surface area contributed by atoms with E-state index >= 15 is 0 Å². The average molecular weight is 162 g/mol. The van der Waals surface area contributed by atoms with E-state index in [1.807, 2.05) is 30.3 Å². The summed E-state index contributed by atoms with van der Waals surface area (Å²) in [6, 6.07) is 9.30. The van der Waals surface area contributed by atoms with E-state index in [0.717, 1.165) is 5.56 Å². The molecule has 0 saturated heterocycles. The maximum absolute atomic E-state index is 7.27. The Morgan fingerprint density at radius 3 is 2.42 bits per heavy atom. The first-order chi connectivity index (χ1) is 5.75. The van der Waals surface area contributed by atoms with Crippen molar-refractivity contribution in [1.29, 1.82) is 5.41 Å². The molecule has 1 radical (unpaired) electrons. The Morgan fingerprint density at radius 2 is 2.00 bits per heavy atom. The van der Waals surface area contributed by atoms with E-state index in [1.54, 1.807) is 7.05 Å². The molecule has 0 spiro atoms. The van der Waals surface area contributed by atoms with Crippen molar-refractivity contribution in [3.05, 3.63) is 35.9 Å². The van der Waals surface area contributed by atoms with Gasteiger partial charge in [0.1, 0.15) is 11.9 Å². The van der Waals surface area contributed by atoms with Crippen LogP contribution in [0.25, 0.3) is 0 Å². The minimum absolute atomic E-state index is 0.0868. The Balaban J connectivity index is 2.88. The van der Waals surface area contributed by atoms with Crippen molar-refractivity contribution in [3.8, 4) is 0 Å². The summed E-state index contributed by atoms with van der Waals surface area (Å²) in [4.78, 5) is 0. The molecule has 0 bridgehead atoms. The number of nitrogens with two attached hydrogens (primary N) is 1. The summed E-state index contributed by atoms with van der Waals surface area (Å²) < 4.78 is 0. The average Bonchev–Trinajstić information content (AvgIpc) is 2.07. The number of benzene rings is 1. The zero-order chi connectivity index (χ0) is 8.97. The summed E-state index contributed by atoms with van der Waals surface area (Å²) in [6.07, 6.45) is 0. The zero-order valence-electron chi connectivity index (χ0n) is 6.99. The molecular weight excluding hydrogens is 150 g/mol. The maximum Gasteiger partial charge on any atom is 0.114 e. The van der Waals surface area contributed by atoms with Gasteiger partial charge in [-0.3, -0.25) is 5.41 Å². The van der Waals surface area contributed by atoms with Gasteiger partial charge in [0.2, 0.25) is 0 Å². The largest absolute Gasteiger partial charge is 0.386 e. The molecule has 3 nitrogen and oxygen atoms in total. The van der Waals surface area contributed by atoms with E-state index in [0.29, 0.717) is 0 Å². The molecule has 0 fully saturated rings. The summed E-state index contributed by atoms with van der Waals surface area (Å²) in [6.45, 7) is 0. The van der Waals surface area contributed by atoms with Crippen LogP contribution in [0.5, 0.6) is 0 Å². The lowest BCUT2D eigenvalue weighted by atomic mass is 10.1. The minimum atomic E-state index is -0.286.